The van der Waals surface area contributed by atoms with Crippen LogP contribution in [0.15, 0.2) is 9.95 Å². The summed E-state index contributed by atoms with van der Waals surface area (Å²) in [6.07, 6.45) is 3.28. The SMILES string of the molecule is CCSc1nc2sc3c(c2c(=O)[nH]1)CCC(C(C)(C)C)C3. The molecule has 1 atom stereocenters. The van der Waals surface area contributed by atoms with Gasteiger partial charge in [0.05, 0.1) is 5.39 Å². The molecule has 114 valence electrons. The maximum atomic E-state index is 12.4. The third-order valence-corrected chi connectivity index (χ3v) is 6.31. The summed E-state index contributed by atoms with van der Waals surface area (Å²) in [4.78, 5) is 22.3. The maximum absolute atomic E-state index is 12.4. The van der Waals surface area contributed by atoms with Gasteiger partial charge in [0.25, 0.3) is 5.56 Å². The summed E-state index contributed by atoms with van der Waals surface area (Å²) in [6.45, 7) is 9.02. The molecule has 3 nitrogen and oxygen atoms in total. The van der Waals surface area contributed by atoms with Crippen LogP contribution in [-0.4, -0.2) is 15.7 Å². The molecule has 1 aliphatic carbocycles. The van der Waals surface area contributed by atoms with Gasteiger partial charge in [0, 0.05) is 4.88 Å². The zero-order chi connectivity index (χ0) is 15.2. The first-order chi connectivity index (χ1) is 9.90. The van der Waals surface area contributed by atoms with E-state index in [0.717, 1.165) is 34.0 Å². The van der Waals surface area contributed by atoms with Crippen LogP contribution >= 0.6 is 23.1 Å². The van der Waals surface area contributed by atoms with Crippen LogP contribution in [0.2, 0.25) is 0 Å². The summed E-state index contributed by atoms with van der Waals surface area (Å²) in [5, 5.41) is 1.60. The molecule has 1 unspecified atom stereocenters. The van der Waals surface area contributed by atoms with Gasteiger partial charge in [-0.1, -0.05) is 39.5 Å². The Morgan fingerprint density at radius 2 is 2.19 bits per heavy atom. The lowest BCUT2D eigenvalue weighted by Crippen LogP contribution is -2.26. The highest BCUT2D eigenvalue weighted by molar-refractivity contribution is 7.99. The first-order valence-electron chi connectivity index (χ1n) is 7.57. The van der Waals surface area contributed by atoms with Gasteiger partial charge >= 0.3 is 0 Å². The van der Waals surface area contributed by atoms with E-state index in [1.807, 2.05) is 0 Å². The maximum Gasteiger partial charge on any atom is 0.260 e. The Balaban J connectivity index is 2.07. The van der Waals surface area contributed by atoms with Gasteiger partial charge < -0.3 is 4.98 Å². The molecule has 5 heteroatoms. The van der Waals surface area contributed by atoms with Gasteiger partial charge in [-0.3, -0.25) is 4.79 Å². The molecule has 0 spiro atoms. The highest BCUT2D eigenvalue weighted by Crippen LogP contribution is 2.42. The summed E-state index contributed by atoms with van der Waals surface area (Å²) in [5.41, 5.74) is 1.64. The van der Waals surface area contributed by atoms with Crippen LogP contribution in [0.25, 0.3) is 10.2 Å². The van der Waals surface area contributed by atoms with E-state index in [0.29, 0.717) is 11.3 Å². The monoisotopic (exact) mass is 322 g/mol. The Morgan fingerprint density at radius 3 is 2.86 bits per heavy atom. The number of hydrogen-bond donors (Lipinski definition) is 1. The molecule has 3 rings (SSSR count). The Labute approximate surface area is 133 Å². The molecule has 0 amide bonds. The molecule has 0 radical (unpaired) electrons. The number of aryl methyl sites for hydroxylation is 1. The Kier molecular flexibility index (Phi) is 3.91. The van der Waals surface area contributed by atoms with Crippen molar-refractivity contribution in [3.8, 4) is 0 Å². The van der Waals surface area contributed by atoms with E-state index < -0.39 is 0 Å². The van der Waals surface area contributed by atoms with E-state index in [1.54, 1.807) is 23.1 Å². The van der Waals surface area contributed by atoms with Gasteiger partial charge in [-0.2, -0.15) is 0 Å². The summed E-state index contributed by atoms with van der Waals surface area (Å²) in [5.74, 6) is 1.62. The highest BCUT2D eigenvalue weighted by Gasteiger charge is 2.31. The third-order valence-electron chi connectivity index (χ3n) is 4.40. The molecule has 1 aliphatic rings. The van der Waals surface area contributed by atoms with Gasteiger partial charge in [0.15, 0.2) is 5.16 Å². The summed E-state index contributed by atoms with van der Waals surface area (Å²) in [7, 11) is 0. The van der Waals surface area contributed by atoms with Crippen molar-refractivity contribution in [2.45, 2.75) is 52.1 Å². The van der Waals surface area contributed by atoms with Crippen molar-refractivity contribution in [2.24, 2.45) is 11.3 Å². The minimum Gasteiger partial charge on any atom is -0.301 e. The second-order valence-corrected chi connectivity index (χ2v) is 9.13. The number of aromatic amines is 1. The molecule has 2 aromatic rings. The topological polar surface area (TPSA) is 45.8 Å². The molecule has 1 N–H and O–H groups in total. The van der Waals surface area contributed by atoms with E-state index in [4.69, 9.17) is 0 Å². The average molecular weight is 322 g/mol. The van der Waals surface area contributed by atoms with E-state index in [9.17, 15) is 4.79 Å². The minimum absolute atomic E-state index is 0.0441. The van der Waals surface area contributed by atoms with Gasteiger partial charge in [-0.25, -0.2) is 4.98 Å². The lowest BCUT2D eigenvalue weighted by atomic mass is 9.72. The number of aromatic nitrogens is 2. The van der Waals surface area contributed by atoms with Crippen molar-refractivity contribution in [3.63, 3.8) is 0 Å². The third kappa shape index (κ3) is 2.78. The minimum atomic E-state index is 0.0441. The Morgan fingerprint density at radius 1 is 1.43 bits per heavy atom. The second kappa shape index (κ2) is 5.43. The smallest absolute Gasteiger partial charge is 0.260 e. The Hall–Kier alpha value is -0.810. The number of nitrogens with one attached hydrogen (secondary N) is 1. The summed E-state index contributed by atoms with van der Waals surface area (Å²) < 4.78 is 0. The number of nitrogens with zero attached hydrogens (tertiary/aromatic N) is 1. The van der Waals surface area contributed by atoms with Crippen LogP contribution in [0, 0.1) is 11.3 Å². The van der Waals surface area contributed by atoms with Crippen LogP contribution in [0.5, 0.6) is 0 Å². The quantitative estimate of drug-likeness (QED) is 0.664. The van der Waals surface area contributed by atoms with Crippen LogP contribution in [0.1, 0.15) is 44.6 Å². The molecule has 2 heterocycles. The Bertz CT molecular complexity index is 724. The van der Waals surface area contributed by atoms with Gasteiger partial charge in [-0.15, -0.1) is 11.3 Å². The number of thiophene rings is 1. The fraction of sp³-hybridized carbons (Fsp3) is 0.625. The van der Waals surface area contributed by atoms with Gasteiger partial charge in [0.1, 0.15) is 4.83 Å². The molecule has 0 aliphatic heterocycles. The average Bonchev–Trinajstić information content (AvgIpc) is 2.75. The predicted molar refractivity (Wildman–Crippen MR) is 91.6 cm³/mol. The fourth-order valence-electron chi connectivity index (χ4n) is 3.11. The number of fused-ring (bicyclic) bond motifs is 3. The standard InChI is InChI=1S/C16H22N2OS2/c1-5-20-15-17-13(19)12-10-7-6-9(16(2,3)4)8-11(10)21-14(12)18-15/h9H,5-8H2,1-4H3,(H,17,18,19). The van der Waals surface area contributed by atoms with Crippen molar-refractivity contribution in [1.29, 1.82) is 0 Å². The zero-order valence-corrected chi connectivity index (χ0v) is 14.7. The van der Waals surface area contributed by atoms with E-state index >= 15 is 0 Å². The zero-order valence-electron chi connectivity index (χ0n) is 13.1. The van der Waals surface area contributed by atoms with Crippen LogP contribution < -0.4 is 5.56 Å². The number of rotatable bonds is 2. The van der Waals surface area contributed by atoms with Crippen molar-refractivity contribution >= 4 is 33.3 Å². The molecule has 0 saturated heterocycles. The van der Waals surface area contributed by atoms with E-state index in [-0.39, 0.29) is 5.56 Å². The predicted octanol–water partition coefficient (Wildman–Crippen LogP) is 4.25. The molecule has 0 aromatic carbocycles. The number of hydrogen-bond acceptors (Lipinski definition) is 4. The van der Waals surface area contributed by atoms with E-state index in [1.165, 1.54) is 16.9 Å². The second-order valence-electron chi connectivity index (χ2n) is 6.79. The van der Waals surface area contributed by atoms with Crippen LogP contribution in [0.3, 0.4) is 0 Å². The first-order valence-corrected chi connectivity index (χ1v) is 9.37. The largest absolute Gasteiger partial charge is 0.301 e. The molecular weight excluding hydrogens is 300 g/mol. The van der Waals surface area contributed by atoms with Crippen LogP contribution in [-0.2, 0) is 12.8 Å². The molecule has 21 heavy (non-hydrogen) atoms. The van der Waals surface area contributed by atoms with Crippen molar-refractivity contribution in [2.75, 3.05) is 5.75 Å². The highest BCUT2D eigenvalue weighted by atomic mass is 32.2. The van der Waals surface area contributed by atoms with E-state index in [2.05, 4.69) is 37.7 Å². The molecule has 0 bridgehead atoms. The first kappa shape index (κ1) is 15.1. The summed E-state index contributed by atoms with van der Waals surface area (Å²) >= 11 is 3.32. The fourth-order valence-corrected chi connectivity index (χ4v) is 5.06. The van der Waals surface area contributed by atoms with Gasteiger partial charge in [0.2, 0.25) is 0 Å². The summed E-state index contributed by atoms with van der Waals surface area (Å²) in [6, 6.07) is 0. The van der Waals surface area contributed by atoms with Crippen LogP contribution in [0.4, 0.5) is 0 Å². The molecule has 0 saturated carbocycles. The van der Waals surface area contributed by atoms with Crippen molar-refractivity contribution in [1.82, 2.24) is 9.97 Å². The lowest BCUT2D eigenvalue weighted by Gasteiger charge is -2.33. The molecular formula is C16H22N2OS2. The van der Waals surface area contributed by atoms with Crippen molar-refractivity contribution in [3.05, 3.63) is 20.8 Å². The van der Waals surface area contributed by atoms with Gasteiger partial charge in [-0.05, 0) is 41.9 Å². The lowest BCUT2D eigenvalue weighted by molar-refractivity contribution is 0.218. The molecule has 0 fully saturated rings. The normalized spacial score (nSPS) is 19.0. The number of thioether (sulfide) groups is 1. The number of H-pyrrole nitrogens is 1. The van der Waals surface area contributed by atoms with Crippen molar-refractivity contribution < 1.29 is 0 Å². The molecule has 2 aromatic heterocycles.